The second kappa shape index (κ2) is 12.4. The van der Waals surface area contributed by atoms with Crippen LogP contribution in [0.25, 0.3) is 11.1 Å². The van der Waals surface area contributed by atoms with Gasteiger partial charge < -0.3 is 25.8 Å². The zero-order valence-electron chi connectivity index (χ0n) is 22.7. The van der Waals surface area contributed by atoms with E-state index in [0.717, 1.165) is 73.5 Å². The highest BCUT2D eigenvalue weighted by molar-refractivity contribution is 6.06. The molecule has 1 aliphatic carbocycles. The van der Waals surface area contributed by atoms with Gasteiger partial charge in [0.15, 0.2) is 0 Å². The Bertz CT molecular complexity index is 1290. The molecule has 5 rings (SSSR count). The first-order valence-corrected chi connectivity index (χ1v) is 13.9. The molecule has 1 aliphatic heterocycles. The maximum Gasteiger partial charge on any atom is 0.257 e. The van der Waals surface area contributed by atoms with E-state index < -0.39 is 0 Å². The number of aromatic nitrogens is 1. The number of nitrogens with two attached hydrogens (primary N) is 1. The Hall–Kier alpha value is -3.75. The minimum Gasteiger partial charge on any atom is -0.367 e. The third-order valence-electron chi connectivity index (χ3n) is 7.52. The van der Waals surface area contributed by atoms with E-state index in [1.165, 1.54) is 0 Å². The third kappa shape index (κ3) is 6.82. The van der Waals surface area contributed by atoms with Gasteiger partial charge in [0, 0.05) is 57.6 Å². The Morgan fingerprint density at radius 2 is 1.82 bits per heavy atom. The Labute approximate surface area is 230 Å². The number of piperazine rings is 1. The number of carbonyl (C=O) groups excluding carboxylic acids is 2. The fourth-order valence-corrected chi connectivity index (χ4v) is 5.04. The quantitative estimate of drug-likeness (QED) is 0.417. The highest BCUT2D eigenvalue weighted by atomic mass is 16.2. The average molecular weight is 527 g/mol. The van der Waals surface area contributed by atoms with Crippen LogP contribution in [0, 0.1) is 5.92 Å². The average Bonchev–Trinajstić information content (AvgIpc) is 3.82. The van der Waals surface area contributed by atoms with Crippen molar-refractivity contribution in [1.29, 1.82) is 0 Å². The van der Waals surface area contributed by atoms with Gasteiger partial charge in [-0.2, -0.15) is 0 Å². The van der Waals surface area contributed by atoms with Gasteiger partial charge >= 0.3 is 0 Å². The summed E-state index contributed by atoms with van der Waals surface area (Å²) in [6, 6.07) is 18.2. The maximum atomic E-state index is 13.1. The van der Waals surface area contributed by atoms with Gasteiger partial charge in [-0.3, -0.25) is 14.6 Å². The van der Waals surface area contributed by atoms with E-state index in [0.29, 0.717) is 25.2 Å². The topological polar surface area (TPSA) is 94.8 Å². The molecule has 39 heavy (non-hydrogen) atoms. The second-order valence-corrected chi connectivity index (χ2v) is 10.6. The van der Waals surface area contributed by atoms with Crippen molar-refractivity contribution in [2.45, 2.75) is 25.8 Å². The van der Waals surface area contributed by atoms with Crippen molar-refractivity contribution in [1.82, 2.24) is 14.8 Å². The number of nitrogens with one attached hydrogen (secondary N) is 1. The van der Waals surface area contributed by atoms with Crippen molar-refractivity contribution in [3.63, 3.8) is 0 Å². The molecule has 0 atom stereocenters. The zero-order chi connectivity index (χ0) is 27.2. The Balaban J connectivity index is 1.42. The predicted octanol–water partition coefficient (Wildman–Crippen LogP) is 3.84. The summed E-state index contributed by atoms with van der Waals surface area (Å²) in [7, 11) is 2.13. The van der Waals surface area contributed by atoms with Crippen LogP contribution in [0.1, 0.15) is 35.2 Å². The zero-order valence-corrected chi connectivity index (χ0v) is 22.7. The van der Waals surface area contributed by atoms with Crippen LogP contribution in [0.3, 0.4) is 0 Å². The normalized spacial score (nSPS) is 15.7. The summed E-state index contributed by atoms with van der Waals surface area (Å²) < 4.78 is 0. The lowest BCUT2D eigenvalue weighted by atomic mass is 10.0. The van der Waals surface area contributed by atoms with E-state index in [1.54, 1.807) is 24.5 Å². The number of anilines is 2. The Morgan fingerprint density at radius 1 is 1.03 bits per heavy atom. The molecule has 1 saturated heterocycles. The van der Waals surface area contributed by atoms with Crippen LogP contribution in [0.5, 0.6) is 0 Å². The highest BCUT2D eigenvalue weighted by Crippen LogP contribution is 2.34. The largest absolute Gasteiger partial charge is 0.367 e. The first-order chi connectivity index (χ1) is 19.0. The number of likely N-dealkylation sites (N-methyl/N-ethyl adjacent to an activating group) is 1. The molecule has 1 aromatic heterocycles. The SMILES string of the molecule is CN1CCN(c2ccc(-c3cccc(CN(CCCN)C(=O)C4CC4)c3)cc2NC(=O)c2cccnc2)CC1. The molecule has 1 saturated carbocycles. The van der Waals surface area contributed by atoms with Crippen LogP contribution in [-0.2, 0) is 11.3 Å². The highest BCUT2D eigenvalue weighted by Gasteiger charge is 2.33. The number of carbonyl (C=O) groups is 2. The van der Waals surface area contributed by atoms with Crippen LogP contribution < -0.4 is 16.0 Å². The number of benzene rings is 2. The first kappa shape index (κ1) is 26.8. The van der Waals surface area contributed by atoms with Crippen LogP contribution in [-0.4, -0.2) is 72.9 Å². The maximum absolute atomic E-state index is 13.1. The van der Waals surface area contributed by atoms with Crippen molar-refractivity contribution in [3.05, 3.63) is 78.1 Å². The summed E-state index contributed by atoms with van der Waals surface area (Å²) in [6.07, 6.45) is 6.02. The number of amides is 2. The number of nitrogens with zero attached hydrogens (tertiary/aromatic N) is 4. The summed E-state index contributed by atoms with van der Waals surface area (Å²) >= 11 is 0. The van der Waals surface area contributed by atoms with Gasteiger partial charge in [0.25, 0.3) is 5.91 Å². The van der Waals surface area contributed by atoms with E-state index in [4.69, 9.17) is 5.73 Å². The monoisotopic (exact) mass is 526 g/mol. The molecule has 3 N–H and O–H groups in total. The minimum atomic E-state index is -0.182. The van der Waals surface area contributed by atoms with E-state index >= 15 is 0 Å². The first-order valence-electron chi connectivity index (χ1n) is 13.9. The fraction of sp³-hybridized carbons (Fsp3) is 0.387. The summed E-state index contributed by atoms with van der Waals surface area (Å²) in [6.45, 7) is 5.57. The van der Waals surface area contributed by atoms with Crippen LogP contribution in [0.2, 0.25) is 0 Å². The smallest absolute Gasteiger partial charge is 0.257 e. The van der Waals surface area contributed by atoms with Gasteiger partial charge in [-0.15, -0.1) is 0 Å². The molecule has 2 aliphatic rings. The van der Waals surface area contributed by atoms with Crippen LogP contribution in [0.4, 0.5) is 11.4 Å². The van der Waals surface area contributed by atoms with Crippen molar-refractivity contribution >= 4 is 23.2 Å². The van der Waals surface area contributed by atoms with Gasteiger partial charge in [0.05, 0.1) is 16.9 Å². The van der Waals surface area contributed by atoms with E-state index in [2.05, 4.69) is 63.5 Å². The molecule has 8 heteroatoms. The van der Waals surface area contributed by atoms with Crippen molar-refractivity contribution in [2.24, 2.45) is 11.7 Å². The van der Waals surface area contributed by atoms with E-state index in [9.17, 15) is 9.59 Å². The van der Waals surface area contributed by atoms with Gasteiger partial charge in [-0.05, 0) is 79.9 Å². The van der Waals surface area contributed by atoms with E-state index in [1.807, 2.05) is 11.0 Å². The third-order valence-corrected chi connectivity index (χ3v) is 7.52. The lowest BCUT2D eigenvalue weighted by Crippen LogP contribution is -2.44. The molecule has 204 valence electrons. The molecule has 0 unspecified atom stereocenters. The molecule has 2 fully saturated rings. The lowest BCUT2D eigenvalue weighted by molar-refractivity contribution is -0.133. The lowest BCUT2D eigenvalue weighted by Gasteiger charge is -2.35. The predicted molar refractivity (Wildman–Crippen MR) is 156 cm³/mol. The van der Waals surface area contributed by atoms with Gasteiger partial charge in [-0.25, -0.2) is 0 Å². The van der Waals surface area contributed by atoms with Crippen molar-refractivity contribution < 1.29 is 9.59 Å². The van der Waals surface area contributed by atoms with Crippen LogP contribution >= 0.6 is 0 Å². The molecule has 0 spiro atoms. The van der Waals surface area contributed by atoms with Gasteiger partial charge in [0.2, 0.25) is 5.91 Å². The Kier molecular flexibility index (Phi) is 8.54. The molecule has 8 nitrogen and oxygen atoms in total. The molecule has 2 heterocycles. The number of hydrogen-bond donors (Lipinski definition) is 2. The molecular formula is C31H38N6O2. The molecule has 0 radical (unpaired) electrons. The number of rotatable bonds is 10. The molecule has 2 aromatic carbocycles. The fourth-order valence-electron chi connectivity index (χ4n) is 5.04. The molecule has 0 bridgehead atoms. The number of hydrogen-bond acceptors (Lipinski definition) is 6. The molecule has 3 aromatic rings. The van der Waals surface area contributed by atoms with Gasteiger partial charge in [-0.1, -0.05) is 24.3 Å². The summed E-state index contributed by atoms with van der Waals surface area (Å²) in [5, 5.41) is 3.15. The summed E-state index contributed by atoms with van der Waals surface area (Å²) in [4.78, 5) is 36.7. The van der Waals surface area contributed by atoms with E-state index in [-0.39, 0.29) is 17.7 Å². The number of pyridine rings is 1. The minimum absolute atomic E-state index is 0.180. The summed E-state index contributed by atoms with van der Waals surface area (Å²) in [5.74, 6) is 0.239. The van der Waals surface area contributed by atoms with Crippen LogP contribution in [0.15, 0.2) is 67.0 Å². The standard InChI is InChI=1S/C31H38N6O2/c1-35-15-17-36(18-16-35)29-11-10-26(20-28(29)34-30(38)27-7-3-13-33-21-27)25-6-2-5-23(19-25)22-37(14-4-12-32)31(39)24-8-9-24/h2-3,5-7,10-11,13,19-21,24H,4,8-9,12,14-18,22,32H2,1H3,(H,34,38). The summed E-state index contributed by atoms with van der Waals surface area (Å²) in [5.41, 5.74) is 11.2. The van der Waals surface area contributed by atoms with Crippen molar-refractivity contribution in [3.8, 4) is 11.1 Å². The molecule has 2 amide bonds. The Morgan fingerprint density at radius 3 is 2.54 bits per heavy atom. The second-order valence-electron chi connectivity index (χ2n) is 10.6. The molecular weight excluding hydrogens is 488 g/mol. The van der Waals surface area contributed by atoms with Crippen molar-refractivity contribution in [2.75, 3.05) is 56.5 Å². The van der Waals surface area contributed by atoms with Gasteiger partial charge in [0.1, 0.15) is 0 Å².